The summed E-state index contributed by atoms with van der Waals surface area (Å²) in [5, 5.41) is 21.9. The lowest BCUT2D eigenvalue weighted by atomic mass is 9.84. The standard InChI is InChI=1S/C27H31F3N2O3/c28-22-5-3-20(4-6-22)21-9-13-31(14-10-21)18-25(33)27(35)11-15-32(16-12-27)26(34)8-2-19-1-7-23(29)24(30)17-19/h1-8,17,21,25,33,35H,9-16,18H2. The molecule has 1 atom stereocenters. The fourth-order valence-electron chi connectivity index (χ4n) is 4.93. The Bertz CT molecular complexity index is 1040. The lowest BCUT2D eigenvalue weighted by Gasteiger charge is -2.43. The molecule has 0 aliphatic carbocycles. The first-order chi connectivity index (χ1) is 16.7. The molecule has 4 rings (SSSR count). The Morgan fingerprint density at radius 3 is 2.29 bits per heavy atom. The van der Waals surface area contributed by atoms with Crippen molar-refractivity contribution in [3.05, 3.63) is 77.1 Å². The van der Waals surface area contributed by atoms with Gasteiger partial charge in [-0.3, -0.25) is 4.79 Å². The normalized spacial score (nSPS) is 20.3. The van der Waals surface area contributed by atoms with Crippen LogP contribution in [-0.2, 0) is 4.79 Å². The number of halogens is 3. The zero-order chi connectivity index (χ0) is 25.0. The molecule has 2 fully saturated rings. The van der Waals surface area contributed by atoms with Crippen molar-refractivity contribution >= 4 is 12.0 Å². The fraction of sp³-hybridized carbons (Fsp3) is 0.444. The molecule has 0 radical (unpaired) electrons. The number of nitrogens with zero attached hydrogens (tertiary/aromatic N) is 2. The topological polar surface area (TPSA) is 64.0 Å². The number of amides is 1. The third kappa shape index (κ3) is 6.31. The summed E-state index contributed by atoms with van der Waals surface area (Å²) < 4.78 is 39.5. The third-order valence-corrected chi connectivity index (χ3v) is 7.28. The highest BCUT2D eigenvalue weighted by atomic mass is 19.2. The van der Waals surface area contributed by atoms with Gasteiger partial charge in [0.2, 0.25) is 5.91 Å². The molecule has 8 heteroatoms. The zero-order valence-electron chi connectivity index (χ0n) is 19.5. The molecule has 2 aliphatic rings. The van der Waals surface area contributed by atoms with E-state index < -0.39 is 23.3 Å². The number of carbonyl (C=O) groups is 1. The predicted molar refractivity (Wildman–Crippen MR) is 127 cm³/mol. The Balaban J connectivity index is 1.24. The van der Waals surface area contributed by atoms with Gasteiger partial charge in [0, 0.05) is 25.7 Å². The van der Waals surface area contributed by atoms with E-state index in [1.807, 2.05) is 12.1 Å². The molecular formula is C27H31F3N2O3. The van der Waals surface area contributed by atoms with Crippen molar-refractivity contribution in [3.8, 4) is 0 Å². The Labute approximate surface area is 203 Å². The number of aliphatic hydroxyl groups is 2. The van der Waals surface area contributed by atoms with Crippen LogP contribution < -0.4 is 0 Å². The number of benzene rings is 2. The van der Waals surface area contributed by atoms with Crippen LogP contribution in [0.25, 0.3) is 6.08 Å². The maximum absolute atomic E-state index is 13.3. The number of aliphatic hydroxyl groups excluding tert-OH is 1. The van der Waals surface area contributed by atoms with Crippen LogP contribution in [-0.4, -0.2) is 70.3 Å². The van der Waals surface area contributed by atoms with Gasteiger partial charge in [0.1, 0.15) is 5.82 Å². The van der Waals surface area contributed by atoms with E-state index in [-0.39, 0.29) is 24.6 Å². The van der Waals surface area contributed by atoms with Crippen LogP contribution in [0.5, 0.6) is 0 Å². The molecule has 5 nitrogen and oxygen atoms in total. The Morgan fingerprint density at radius 1 is 1.00 bits per heavy atom. The average Bonchev–Trinajstić information content (AvgIpc) is 2.86. The van der Waals surface area contributed by atoms with Crippen LogP contribution in [0.4, 0.5) is 13.2 Å². The quantitative estimate of drug-likeness (QED) is 0.609. The number of rotatable bonds is 6. The molecule has 0 saturated carbocycles. The molecule has 0 spiro atoms. The zero-order valence-corrected chi connectivity index (χ0v) is 19.5. The van der Waals surface area contributed by atoms with Gasteiger partial charge in [-0.05, 0) is 86.2 Å². The number of hydrogen-bond donors (Lipinski definition) is 2. The van der Waals surface area contributed by atoms with Gasteiger partial charge < -0.3 is 20.0 Å². The van der Waals surface area contributed by atoms with E-state index in [9.17, 15) is 28.2 Å². The van der Waals surface area contributed by atoms with E-state index in [2.05, 4.69) is 4.90 Å². The monoisotopic (exact) mass is 488 g/mol. The molecule has 2 aromatic carbocycles. The predicted octanol–water partition coefficient (Wildman–Crippen LogP) is 3.71. The van der Waals surface area contributed by atoms with Gasteiger partial charge in [-0.15, -0.1) is 0 Å². The van der Waals surface area contributed by atoms with Gasteiger partial charge >= 0.3 is 0 Å². The first-order valence-corrected chi connectivity index (χ1v) is 12.0. The highest BCUT2D eigenvalue weighted by molar-refractivity contribution is 5.91. The van der Waals surface area contributed by atoms with Crippen LogP contribution in [0, 0.1) is 17.5 Å². The van der Waals surface area contributed by atoms with Crippen molar-refractivity contribution in [2.75, 3.05) is 32.7 Å². The van der Waals surface area contributed by atoms with Gasteiger partial charge in [-0.1, -0.05) is 18.2 Å². The minimum atomic E-state index is -1.27. The molecule has 35 heavy (non-hydrogen) atoms. The maximum Gasteiger partial charge on any atom is 0.246 e. The van der Waals surface area contributed by atoms with Crippen molar-refractivity contribution in [1.29, 1.82) is 0 Å². The summed E-state index contributed by atoms with van der Waals surface area (Å²) in [6.07, 6.45) is 4.12. The second-order valence-corrected chi connectivity index (χ2v) is 9.58. The smallest absolute Gasteiger partial charge is 0.246 e. The number of piperidine rings is 2. The minimum absolute atomic E-state index is 0.241. The number of hydrogen-bond acceptors (Lipinski definition) is 4. The Hall–Kier alpha value is -2.68. The molecule has 2 aromatic rings. The van der Waals surface area contributed by atoms with Crippen molar-refractivity contribution in [3.63, 3.8) is 0 Å². The van der Waals surface area contributed by atoms with Crippen molar-refractivity contribution in [2.24, 2.45) is 0 Å². The summed E-state index contributed by atoms with van der Waals surface area (Å²) in [6.45, 7) is 2.52. The van der Waals surface area contributed by atoms with Gasteiger partial charge in [0.15, 0.2) is 11.6 Å². The van der Waals surface area contributed by atoms with Gasteiger partial charge in [-0.25, -0.2) is 13.2 Å². The number of carbonyl (C=O) groups excluding carboxylic acids is 1. The number of likely N-dealkylation sites (tertiary alicyclic amines) is 2. The van der Waals surface area contributed by atoms with Crippen molar-refractivity contribution in [1.82, 2.24) is 9.80 Å². The summed E-state index contributed by atoms with van der Waals surface area (Å²) in [5.41, 5.74) is 0.235. The molecular weight excluding hydrogens is 457 g/mol. The van der Waals surface area contributed by atoms with Gasteiger partial charge in [0.25, 0.3) is 0 Å². The van der Waals surface area contributed by atoms with Gasteiger partial charge in [0.05, 0.1) is 11.7 Å². The molecule has 0 bridgehead atoms. The van der Waals surface area contributed by atoms with E-state index in [4.69, 9.17) is 0 Å². The molecule has 0 aromatic heterocycles. The van der Waals surface area contributed by atoms with E-state index in [0.29, 0.717) is 31.1 Å². The first-order valence-electron chi connectivity index (χ1n) is 12.0. The first kappa shape index (κ1) is 25.4. The molecule has 2 N–H and O–H groups in total. The average molecular weight is 489 g/mol. The lowest BCUT2D eigenvalue weighted by Crippen LogP contribution is -2.56. The van der Waals surface area contributed by atoms with Crippen molar-refractivity contribution in [2.45, 2.75) is 43.3 Å². The highest BCUT2D eigenvalue weighted by Crippen LogP contribution is 2.31. The van der Waals surface area contributed by atoms with Crippen molar-refractivity contribution < 1.29 is 28.2 Å². The van der Waals surface area contributed by atoms with Crippen LogP contribution in [0.1, 0.15) is 42.7 Å². The van der Waals surface area contributed by atoms with Gasteiger partial charge in [-0.2, -0.15) is 0 Å². The van der Waals surface area contributed by atoms with E-state index in [0.717, 1.165) is 43.6 Å². The molecule has 1 unspecified atom stereocenters. The second-order valence-electron chi connectivity index (χ2n) is 9.58. The highest BCUT2D eigenvalue weighted by Gasteiger charge is 2.40. The molecule has 2 heterocycles. The summed E-state index contributed by atoms with van der Waals surface area (Å²) in [5.74, 6) is -2.08. The number of β-amino-alcohol motifs (C(OH)–C–C–N with tert-alkyl or cyclic N) is 1. The maximum atomic E-state index is 13.3. The summed E-state index contributed by atoms with van der Waals surface area (Å²) in [7, 11) is 0. The molecule has 2 saturated heterocycles. The molecule has 2 aliphatic heterocycles. The minimum Gasteiger partial charge on any atom is -0.389 e. The summed E-state index contributed by atoms with van der Waals surface area (Å²) in [6, 6.07) is 10.0. The second kappa shape index (κ2) is 10.9. The van der Waals surface area contributed by atoms with E-state index >= 15 is 0 Å². The largest absolute Gasteiger partial charge is 0.389 e. The fourth-order valence-corrected chi connectivity index (χ4v) is 4.93. The Morgan fingerprint density at radius 2 is 1.66 bits per heavy atom. The van der Waals surface area contributed by atoms with Crippen LogP contribution >= 0.6 is 0 Å². The van der Waals surface area contributed by atoms with E-state index in [1.165, 1.54) is 30.4 Å². The SMILES string of the molecule is O=C(C=Cc1ccc(F)c(F)c1)N1CCC(O)(C(O)CN2CCC(c3ccc(F)cc3)CC2)CC1. The van der Waals surface area contributed by atoms with Crippen LogP contribution in [0.2, 0.25) is 0 Å². The summed E-state index contributed by atoms with van der Waals surface area (Å²) in [4.78, 5) is 16.2. The third-order valence-electron chi connectivity index (χ3n) is 7.28. The van der Waals surface area contributed by atoms with Crippen LogP contribution in [0.15, 0.2) is 48.5 Å². The Kier molecular flexibility index (Phi) is 7.94. The molecule has 1 amide bonds. The lowest BCUT2D eigenvalue weighted by molar-refractivity contribution is -0.140. The van der Waals surface area contributed by atoms with Crippen LogP contribution in [0.3, 0.4) is 0 Å². The summed E-state index contributed by atoms with van der Waals surface area (Å²) >= 11 is 0. The van der Waals surface area contributed by atoms with E-state index in [1.54, 1.807) is 4.90 Å². The molecule has 188 valence electrons.